The van der Waals surface area contributed by atoms with Crippen LogP contribution in [0.4, 0.5) is 0 Å². The first-order valence-corrected chi connectivity index (χ1v) is 4.30. The Labute approximate surface area is 86.1 Å². The van der Waals surface area contributed by atoms with Crippen LogP contribution in [0.25, 0.3) is 0 Å². The Morgan fingerprint density at radius 1 is 1.07 bits per heavy atom. The van der Waals surface area contributed by atoms with Crippen molar-refractivity contribution in [2.75, 3.05) is 0 Å². The molecule has 5 heteroatoms. The maximum atomic E-state index is 10.9. The van der Waals surface area contributed by atoms with Gasteiger partial charge in [-0.2, -0.15) is 0 Å². The van der Waals surface area contributed by atoms with Crippen LogP contribution >= 0.6 is 0 Å². The van der Waals surface area contributed by atoms with E-state index in [0.29, 0.717) is 5.56 Å². The highest BCUT2D eigenvalue weighted by Crippen LogP contribution is 2.18. The Bertz CT molecular complexity index is 363. The van der Waals surface area contributed by atoms with Crippen LogP contribution in [0.2, 0.25) is 0 Å². The number of nitrogens with two attached hydrogens (primary N) is 1. The second-order valence-corrected chi connectivity index (χ2v) is 3.09. The molecule has 0 aliphatic heterocycles. The first-order chi connectivity index (χ1) is 7.04. The third-order valence-electron chi connectivity index (χ3n) is 2.07. The molecule has 0 saturated heterocycles. The van der Waals surface area contributed by atoms with E-state index in [2.05, 4.69) is 0 Å². The molecule has 1 rings (SSSR count). The molecule has 0 bridgehead atoms. The number of benzene rings is 1. The van der Waals surface area contributed by atoms with Gasteiger partial charge in [0.05, 0.1) is 0 Å². The molecule has 2 atom stereocenters. The summed E-state index contributed by atoms with van der Waals surface area (Å²) in [6, 6.07) is 6.64. The summed E-state index contributed by atoms with van der Waals surface area (Å²) in [4.78, 5) is 21.5. The van der Waals surface area contributed by atoms with E-state index < -0.39 is 23.9 Å². The van der Waals surface area contributed by atoms with Crippen LogP contribution in [0.5, 0.6) is 0 Å². The zero-order valence-corrected chi connectivity index (χ0v) is 7.83. The lowest BCUT2D eigenvalue weighted by molar-refractivity contribution is -0.146. The number of hydrogen-bond donors (Lipinski definition) is 3. The summed E-state index contributed by atoms with van der Waals surface area (Å²) in [7, 11) is 0. The van der Waals surface area contributed by atoms with Gasteiger partial charge in [-0.05, 0) is 5.56 Å². The minimum absolute atomic E-state index is 0.389. The van der Waals surface area contributed by atoms with Gasteiger partial charge in [0, 0.05) is 0 Å². The molecule has 0 unspecified atom stereocenters. The van der Waals surface area contributed by atoms with E-state index in [1.165, 1.54) is 0 Å². The van der Waals surface area contributed by atoms with Gasteiger partial charge >= 0.3 is 11.9 Å². The van der Waals surface area contributed by atoms with Crippen LogP contribution in [-0.2, 0) is 9.59 Å². The fourth-order valence-electron chi connectivity index (χ4n) is 1.31. The molecule has 1 aromatic rings. The molecule has 0 aromatic heterocycles. The van der Waals surface area contributed by atoms with E-state index >= 15 is 0 Å². The van der Waals surface area contributed by atoms with E-state index in [9.17, 15) is 9.59 Å². The number of hydrogen-bond acceptors (Lipinski definition) is 3. The quantitative estimate of drug-likeness (QED) is 0.660. The zero-order valence-electron chi connectivity index (χ0n) is 7.83. The Morgan fingerprint density at radius 2 is 1.60 bits per heavy atom. The molecular weight excluding hydrogens is 198 g/mol. The monoisotopic (exact) mass is 209 g/mol. The van der Waals surface area contributed by atoms with Gasteiger partial charge in [0.2, 0.25) is 0 Å². The van der Waals surface area contributed by atoms with Crippen LogP contribution < -0.4 is 5.73 Å². The van der Waals surface area contributed by atoms with E-state index in [4.69, 9.17) is 15.9 Å². The van der Waals surface area contributed by atoms with Crippen molar-refractivity contribution in [2.24, 2.45) is 5.73 Å². The Morgan fingerprint density at radius 3 is 2.00 bits per heavy atom. The molecule has 5 nitrogen and oxygen atoms in total. The molecule has 4 N–H and O–H groups in total. The summed E-state index contributed by atoms with van der Waals surface area (Å²) in [5.41, 5.74) is 5.70. The Kier molecular flexibility index (Phi) is 3.41. The lowest BCUT2D eigenvalue weighted by Gasteiger charge is -2.16. The molecule has 1 aromatic carbocycles. The number of rotatable bonds is 4. The summed E-state index contributed by atoms with van der Waals surface area (Å²) in [6.45, 7) is 0. The molecule has 0 aliphatic rings. The van der Waals surface area contributed by atoms with Gasteiger partial charge in [0.25, 0.3) is 0 Å². The van der Waals surface area contributed by atoms with Crippen molar-refractivity contribution >= 4 is 11.9 Å². The SMILES string of the molecule is N[C@@H](C(=O)O)[C@@H](C(=O)O)c1ccccc1. The number of aliphatic carboxylic acids is 2. The molecule has 0 aliphatic carbocycles. The molecule has 80 valence electrons. The van der Waals surface area contributed by atoms with Gasteiger partial charge in [-0.1, -0.05) is 30.3 Å². The van der Waals surface area contributed by atoms with Crippen molar-refractivity contribution < 1.29 is 19.8 Å². The number of carboxylic acids is 2. The van der Waals surface area contributed by atoms with Crippen LogP contribution in [-0.4, -0.2) is 28.2 Å². The van der Waals surface area contributed by atoms with Crippen molar-refractivity contribution in [2.45, 2.75) is 12.0 Å². The minimum Gasteiger partial charge on any atom is -0.481 e. The first-order valence-electron chi connectivity index (χ1n) is 4.30. The summed E-state index contributed by atoms with van der Waals surface area (Å²) < 4.78 is 0. The lowest BCUT2D eigenvalue weighted by atomic mass is 9.92. The van der Waals surface area contributed by atoms with Crippen LogP contribution in [0.3, 0.4) is 0 Å². The summed E-state index contributed by atoms with van der Waals surface area (Å²) >= 11 is 0. The van der Waals surface area contributed by atoms with Gasteiger partial charge in [0.15, 0.2) is 0 Å². The maximum Gasteiger partial charge on any atom is 0.321 e. The van der Waals surface area contributed by atoms with Gasteiger partial charge in [0.1, 0.15) is 12.0 Å². The van der Waals surface area contributed by atoms with E-state index in [0.717, 1.165) is 0 Å². The van der Waals surface area contributed by atoms with E-state index in [1.807, 2.05) is 0 Å². The van der Waals surface area contributed by atoms with Crippen LogP contribution in [0, 0.1) is 0 Å². The molecule has 15 heavy (non-hydrogen) atoms. The second-order valence-electron chi connectivity index (χ2n) is 3.09. The van der Waals surface area contributed by atoms with Crippen molar-refractivity contribution in [3.63, 3.8) is 0 Å². The lowest BCUT2D eigenvalue weighted by Crippen LogP contribution is -2.40. The fourth-order valence-corrected chi connectivity index (χ4v) is 1.31. The minimum atomic E-state index is -1.44. The topological polar surface area (TPSA) is 101 Å². The third kappa shape index (κ3) is 2.54. The normalized spacial score (nSPS) is 14.2. The summed E-state index contributed by atoms with van der Waals surface area (Å²) in [5.74, 6) is -3.79. The van der Waals surface area contributed by atoms with Crippen LogP contribution in [0.15, 0.2) is 30.3 Å². The molecular formula is C10H11NO4. The largest absolute Gasteiger partial charge is 0.481 e. The Hall–Kier alpha value is -1.88. The third-order valence-corrected chi connectivity index (χ3v) is 2.07. The summed E-state index contributed by atoms with van der Waals surface area (Å²) in [5, 5.41) is 17.6. The summed E-state index contributed by atoms with van der Waals surface area (Å²) in [6.07, 6.45) is 0. The molecule has 0 amide bonds. The zero-order chi connectivity index (χ0) is 11.4. The number of carbonyl (C=O) groups is 2. The smallest absolute Gasteiger partial charge is 0.321 e. The highest BCUT2D eigenvalue weighted by Gasteiger charge is 2.31. The van der Waals surface area contributed by atoms with E-state index in [1.54, 1.807) is 30.3 Å². The van der Waals surface area contributed by atoms with Gasteiger partial charge < -0.3 is 15.9 Å². The first kappa shape index (κ1) is 11.2. The molecule has 0 fully saturated rings. The van der Waals surface area contributed by atoms with Crippen molar-refractivity contribution in [1.82, 2.24) is 0 Å². The van der Waals surface area contributed by atoms with Crippen molar-refractivity contribution in [1.29, 1.82) is 0 Å². The van der Waals surface area contributed by atoms with Crippen molar-refractivity contribution in [3.05, 3.63) is 35.9 Å². The van der Waals surface area contributed by atoms with Crippen LogP contribution in [0.1, 0.15) is 11.5 Å². The average Bonchev–Trinajstić information content (AvgIpc) is 2.18. The molecule has 0 spiro atoms. The second kappa shape index (κ2) is 4.56. The molecule has 0 heterocycles. The highest BCUT2D eigenvalue weighted by molar-refractivity contribution is 5.86. The van der Waals surface area contributed by atoms with Gasteiger partial charge in [-0.25, -0.2) is 0 Å². The average molecular weight is 209 g/mol. The maximum absolute atomic E-state index is 10.9. The van der Waals surface area contributed by atoms with Gasteiger partial charge in [-0.15, -0.1) is 0 Å². The molecule has 0 saturated carbocycles. The van der Waals surface area contributed by atoms with Crippen molar-refractivity contribution in [3.8, 4) is 0 Å². The van der Waals surface area contributed by atoms with E-state index in [-0.39, 0.29) is 0 Å². The standard InChI is InChI=1S/C10H11NO4/c11-8(10(14)15)7(9(12)13)6-4-2-1-3-5-6/h1-5,7-8H,11H2,(H,12,13)(H,14,15)/t7-,8+/m0/s1. The predicted molar refractivity (Wildman–Crippen MR) is 52.4 cm³/mol. The fraction of sp³-hybridized carbons (Fsp3) is 0.200. The van der Waals surface area contributed by atoms with Gasteiger partial charge in [-0.3, -0.25) is 9.59 Å². The predicted octanol–water partition coefficient (Wildman–Crippen LogP) is 0.267. The molecule has 0 radical (unpaired) electrons. The highest BCUT2D eigenvalue weighted by atomic mass is 16.4. The number of carboxylic acid groups (broad SMARTS) is 2. The Balaban J connectivity index is 3.04.